The Labute approximate surface area is 179 Å². The highest BCUT2D eigenvalue weighted by Crippen LogP contribution is 2.53. The molecule has 0 amide bonds. The van der Waals surface area contributed by atoms with E-state index in [4.69, 9.17) is 24.1 Å². The van der Waals surface area contributed by atoms with Crippen LogP contribution in [-0.4, -0.2) is 29.2 Å². The highest BCUT2D eigenvalue weighted by atomic mass is 32.2. The first-order valence-electron chi connectivity index (χ1n) is 10.8. The molecule has 1 aliphatic rings. The molecule has 1 heterocycles. The molecular formula is C21H38O7S. The van der Waals surface area contributed by atoms with Gasteiger partial charge in [-0.2, -0.15) is 4.89 Å². The second kappa shape index (κ2) is 14.2. The van der Waals surface area contributed by atoms with Gasteiger partial charge in [0.05, 0.1) is 17.8 Å². The highest BCUT2D eigenvalue weighted by Gasteiger charge is 2.53. The van der Waals surface area contributed by atoms with Gasteiger partial charge in [0, 0.05) is 17.5 Å². The molecule has 1 rings (SSSR count). The molecule has 0 saturated heterocycles. The van der Waals surface area contributed by atoms with E-state index >= 15 is 0 Å². The topological polar surface area (TPSA) is 83.5 Å². The summed E-state index contributed by atoms with van der Waals surface area (Å²) < 4.78 is 9.67. The molecule has 0 fully saturated rings. The van der Waals surface area contributed by atoms with Crippen LogP contribution in [0.5, 0.6) is 0 Å². The fourth-order valence-corrected chi connectivity index (χ4v) is 4.76. The van der Waals surface area contributed by atoms with Crippen molar-refractivity contribution in [1.82, 2.24) is 0 Å². The number of carbonyl (C=O) groups excluding carboxylic acids is 1. The van der Waals surface area contributed by atoms with Crippen molar-refractivity contribution in [3.8, 4) is 0 Å². The molecule has 0 aromatic heterocycles. The van der Waals surface area contributed by atoms with Gasteiger partial charge in [-0.15, -0.1) is 4.33 Å². The fraction of sp³-hybridized carbons (Fsp3) is 0.857. The first-order chi connectivity index (χ1) is 14.0. The van der Waals surface area contributed by atoms with Crippen LogP contribution < -0.4 is 0 Å². The van der Waals surface area contributed by atoms with Gasteiger partial charge in [-0.05, 0) is 31.3 Å². The third-order valence-corrected chi connectivity index (χ3v) is 7.16. The van der Waals surface area contributed by atoms with Crippen LogP contribution in [0, 0.1) is 11.3 Å². The zero-order valence-electron chi connectivity index (χ0n) is 18.3. The van der Waals surface area contributed by atoms with E-state index in [-0.39, 0.29) is 12.4 Å². The summed E-state index contributed by atoms with van der Waals surface area (Å²) in [6.45, 7) is 9.15. The molecule has 1 aliphatic heterocycles. The first kappa shape index (κ1) is 26.2. The van der Waals surface area contributed by atoms with Crippen molar-refractivity contribution in [2.75, 3.05) is 13.2 Å². The summed E-state index contributed by atoms with van der Waals surface area (Å²) in [7, 11) is 0. The molecule has 3 unspecified atom stereocenters. The predicted molar refractivity (Wildman–Crippen MR) is 112 cm³/mol. The van der Waals surface area contributed by atoms with Crippen molar-refractivity contribution in [2.45, 2.75) is 90.2 Å². The lowest BCUT2D eigenvalue weighted by molar-refractivity contribution is -0.432. The standard InChI is InChI=1S/C21H38O7S/c1-5-9-11-18(7-3)16-24-19(22)15-21(29-28-27-23)13-14-25-26-17-20(21,8-4)12-10-6-2/h13-14,18,23H,5-12,15-17H2,1-4H3. The summed E-state index contributed by atoms with van der Waals surface area (Å²) in [4.78, 5) is 23.3. The van der Waals surface area contributed by atoms with Gasteiger partial charge < -0.3 is 9.62 Å². The van der Waals surface area contributed by atoms with Crippen LogP contribution in [0.2, 0.25) is 0 Å². The van der Waals surface area contributed by atoms with E-state index in [0.717, 1.165) is 63.4 Å². The summed E-state index contributed by atoms with van der Waals surface area (Å²) in [5.74, 6) is 0.0572. The van der Waals surface area contributed by atoms with Crippen molar-refractivity contribution in [1.29, 1.82) is 0 Å². The molecule has 0 aliphatic carbocycles. The predicted octanol–water partition coefficient (Wildman–Crippen LogP) is 6.01. The quantitative estimate of drug-likeness (QED) is 0.145. The fourth-order valence-electron chi connectivity index (χ4n) is 3.84. The van der Waals surface area contributed by atoms with Crippen LogP contribution in [0.1, 0.15) is 85.5 Å². The van der Waals surface area contributed by atoms with E-state index < -0.39 is 10.2 Å². The van der Waals surface area contributed by atoms with E-state index in [1.165, 1.54) is 6.26 Å². The van der Waals surface area contributed by atoms with Crippen LogP contribution in [0.4, 0.5) is 0 Å². The molecule has 0 bridgehead atoms. The Balaban J connectivity index is 3.01. The SMILES string of the molecule is CCCCC(CC)COC(=O)CC1(SOOO)C=COOCC1(CC)CCCC. The molecule has 8 heteroatoms. The van der Waals surface area contributed by atoms with Gasteiger partial charge >= 0.3 is 5.97 Å². The molecule has 0 aromatic carbocycles. The van der Waals surface area contributed by atoms with Crippen molar-refractivity contribution >= 4 is 18.0 Å². The van der Waals surface area contributed by atoms with Gasteiger partial charge in [0.15, 0.2) is 0 Å². The summed E-state index contributed by atoms with van der Waals surface area (Å²) in [6.07, 6.45) is 11.0. The Hall–Kier alpha value is -0.800. The Kier molecular flexibility index (Phi) is 12.9. The number of hydrogen-bond acceptors (Lipinski definition) is 8. The first-order valence-corrected chi connectivity index (χ1v) is 11.5. The van der Waals surface area contributed by atoms with Crippen molar-refractivity contribution in [3.05, 3.63) is 12.3 Å². The van der Waals surface area contributed by atoms with Gasteiger partial charge in [0.2, 0.25) is 0 Å². The molecule has 170 valence electrons. The molecule has 3 atom stereocenters. The van der Waals surface area contributed by atoms with Gasteiger partial charge in [0.1, 0.15) is 12.9 Å². The van der Waals surface area contributed by atoms with Gasteiger partial charge in [-0.1, -0.05) is 64.8 Å². The number of unbranched alkanes of at least 4 members (excludes halogenated alkanes) is 2. The smallest absolute Gasteiger partial charge is 0.307 e. The Morgan fingerprint density at radius 2 is 2.00 bits per heavy atom. The number of ether oxygens (including phenoxy) is 1. The minimum absolute atomic E-state index is 0.0615. The Bertz CT molecular complexity index is 488. The summed E-state index contributed by atoms with van der Waals surface area (Å²) in [5.41, 5.74) is -0.454. The summed E-state index contributed by atoms with van der Waals surface area (Å²) >= 11 is 0.902. The van der Waals surface area contributed by atoms with Crippen LogP contribution in [0.3, 0.4) is 0 Å². The average molecular weight is 435 g/mol. The summed E-state index contributed by atoms with van der Waals surface area (Å²) in [5, 5.41) is 12.7. The third-order valence-electron chi connectivity index (χ3n) is 6.02. The molecular weight excluding hydrogens is 396 g/mol. The van der Waals surface area contributed by atoms with E-state index in [9.17, 15) is 4.79 Å². The molecule has 0 aromatic rings. The second-order valence-electron chi connectivity index (χ2n) is 7.79. The Morgan fingerprint density at radius 1 is 1.24 bits per heavy atom. The van der Waals surface area contributed by atoms with E-state index in [1.807, 2.05) is 0 Å². The maximum atomic E-state index is 12.9. The average Bonchev–Trinajstić information content (AvgIpc) is 2.90. The zero-order valence-corrected chi connectivity index (χ0v) is 19.1. The second-order valence-corrected chi connectivity index (χ2v) is 8.82. The largest absolute Gasteiger partial charge is 0.465 e. The van der Waals surface area contributed by atoms with E-state index in [2.05, 4.69) is 32.7 Å². The number of esters is 1. The Morgan fingerprint density at radius 3 is 2.62 bits per heavy atom. The number of carbonyl (C=O) groups is 1. The van der Waals surface area contributed by atoms with Crippen molar-refractivity contribution in [2.24, 2.45) is 11.3 Å². The minimum atomic E-state index is -0.863. The van der Waals surface area contributed by atoms with Crippen LogP contribution >= 0.6 is 12.0 Å². The van der Waals surface area contributed by atoms with Crippen molar-refractivity contribution < 1.29 is 33.9 Å². The lowest BCUT2D eigenvalue weighted by Crippen LogP contribution is -2.48. The molecule has 29 heavy (non-hydrogen) atoms. The molecule has 7 nitrogen and oxygen atoms in total. The van der Waals surface area contributed by atoms with Gasteiger partial charge in [0.25, 0.3) is 0 Å². The normalized spacial score (nSPS) is 25.3. The van der Waals surface area contributed by atoms with E-state index in [1.54, 1.807) is 6.08 Å². The summed E-state index contributed by atoms with van der Waals surface area (Å²) in [6, 6.07) is 0. The van der Waals surface area contributed by atoms with Crippen LogP contribution in [-0.2, 0) is 28.7 Å². The third kappa shape index (κ3) is 7.75. The van der Waals surface area contributed by atoms with E-state index in [0.29, 0.717) is 19.1 Å². The van der Waals surface area contributed by atoms with Crippen molar-refractivity contribution in [3.63, 3.8) is 0 Å². The molecule has 0 spiro atoms. The number of rotatable bonds is 15. The zero-order chi connectivity index (χ0) is 21.6. The van der Waals surface area contributed by atoms with Gasteiger partial charge in [-0.3, -0.25) is 4.79 Å². The maximum absolute atomic E-state index is 12.9. The lowest BCUT2D eigenvalue weighted by Gasteiger charge is -2.45. The minimum Gasteiger partial charge on any atom is -0.465 e. The monoisotopic (exact) mass is 434 g/mol. The highest BCUT2D eigenvalue weighted by molar-refractivity contribution is 7.96. The molecule has 0 radical (unpaired) electrons. The number of hydrogen-bond donors (Lipinski definition) is 1. The van der Waals surface area contributed by atoms with Crippen LogP contribution in [0.25, 0.3) is 0 Å². The lowest BCUT2D eigenvalue weighted by atomic mass is 9.68. The maximum Gasteiger partial charge on any atom is 0.307 e. The molecule has 1 N–H and O–H groups in total. The molecule has 0 saturated carbocycles. The van der Waals surface area contributed by atoms with Crippen LogP contribution in [0.15, 0.2) is 12.3 Å². The van der Waals surface area contributed by atoms with Gasteiger partial charge in [-0.25, -0.2) is 5.26 Å².